The lowest BCUT2D eigenvalue weighted by atomic mass is 9.92. The molecule has 0 heterocycles. The second kappa shape index (κ2) is 7.74. The van der Waals surface area contributed by atoms with Crippen molar-refractivity contribution in [3.8, 4) is 0 Å². The molecular weight excluding hydrogens is 248 g/mol. The van der Waals surface area contributed by atoms with Crippen LogP contribution < -0.4 is 11.1 Å². The molecule has 1 aromatic carbocycles. The van der Waals surface area contributed by atoms with Crippen molar-refractivity contribution >= 4 is 11.6 Å². The van der Waals surface area contributed by atoms with Crippen molar-refractivity contribution in [3.63, 3.8) is 0 Å². The summed E-state index contributed by atoms with van der Waals surface area (Å²) in [7, 11) is 0. The molecule has 0 aliphatic carbocycles. The number of rotatable bonds is 8. The summed E-state index contributed by atoms with van der Waals surface area (Å²) in [6.07, 6.45) is 2.67. The van der Waals surface area contributed by atoms with Crippen LogP contribution in [0.3, 0.4) is 0 Å². The highest BCUT2D eigenvalue weighted by atomic mass is 35.5. The Morgan fingerprint density at radius 1 is 1.28 bits per heavy atom. The molecule has 0 radical (unpaired) electrons. The van der Waals surface area contributed by atoms with Gasteiger partial charge in [0.2, 0.25) is 0 Å². The van der Waals surface area contributed by atoms with Crippen LogP contribution in [0.1, 0.15) is 25.3 Å². The Hall–Kier alpha value is -0.610. The number of unbranched alkanes of at least 4 members (excludes halogenated alkanes) is 1. The fourth-order valence-electron chi connectivity index (χ4n) is 1.89. The Balaban J connectivity index is 2.50. The number of hydrogen-bond acceptors (Lipinski definition) is 3. The van der Waals surface area contributed by atoms with Gasteiger partial charge in [-0.2, -0.15) is 0 Å². The van der Waals surface area contributed by atoms with Crippen molar-refractivity contribution in [2.24, 2.45) is 5.73 Å². The third kappa shape index (κ3) is 5.36. The zero-order chi connectivity index (χ0) is 13.4. The van der Waals surface area contributed by atoms with Gasteiger partial charge < -0.3 is 16.2 Å². The first-order chi connectivity index (χ1) is 8.59. The summed E-state index contributed by atoms with van der Waals surface area (Å²) >= 11 is 5.87. The first-order valence-corrected chi connectivity index (χ1v) is 6.78. The molecular formula is C14H23ClN2O. The molecule has 4 heteroatoms. The maximum atomic E-state index is 8.75. The molecule has 1 atom stereocenters. The number of benzene rings is 1. The van der Waals surface area contributed by atoms with Gasteiger partial charge in [-0.25, -0.2) is 0 Å². The minimum atomic E-state index is -0.108. The van der Waals surface area contributed by atoms with Crippen LogP contribution in [0.4, 0.5) is 0 Å². The molecule has 1 aromatic rings. The van der Waals surface area contributed by atoms with Gasteiger partial charge in [0.1, 0.15) is 0 Å². The van der Waals surface area contributed by atoms with Crippen LogP contribution in [0, 0.1) is 0 Å². The van der Waals surface area contributed by atoms with E-state index in [1.54, 1.807) is 0 Å². The Kier molecular flexibility index (Phi) is 6.65. The van der Waals surface area contributed by atoms with Gasteiger partial charge in [-0.1, -0.05) is 23.7 Å². The number of aliphatic hydroxyl groups is 1. The summed E-state index contributed by atoms with van der Waals surface area (Å²) < 4.78 is 0. The van der Waals surface area contributed by atoms with E-state index in [2.05, 4.69) is 12.2 Å². The second-order valence-electron chi connectivity index (χ2n) is 4.93. The molecule has 1 rings (SSSR count). The van der Waals surface area contributed by atoms with E-state index < -0.39 is 0 Å². The van der Waals surface area contributed by atoms with Gasteiger partial charge in [-0.15, -0.1) is 0 Å². The van der Waals surface area contributed by atoms with Crippen LogP contribution in [0.25, 0.3) is 0 Å². The molecule has 0 aliphatic rings. The minimum absolute atomic E-state index is 0.108. The smallest absolute Gasteiger partial charge is 0.0431 e. The van der Waals surface area contributed by atoms with Crippen molar-refractivity contribution < 1.29 is 5.11 Å². The molecule has 0 amide bonds. The number of aliphatic hydroxyl groups excluding tert-OH is 1. The van der Waals surface area contributed by atoms with Gasteiger partial charge in [0.05, 0.1) is 0 Å². The lowest BCUT2D eigenvalue weighted by Gasteiger charge is -2.30. The monoisotopic (exact) mass is 270 g/mol. The topological polar surface area (TPSA) is 58.3 Å². The predicted molar refractivity (Wildman–Crippen MR) is 76.9 cm³/mol. The third-order valence-electron chi connectivity index (χ3n) is 3.09. The van der Waals surface area contributed by atoms with Gasteiger partial charge in [-0.3, -0.25) is 0 Å². The molecule has 4 N–H and O–H groups in total. The summed E-state index contributed by atoms with van der Waals surface area (Å²) in [5.74, 6) is 0. The maximum absolute atomic E-state index is 8.75. The predicted octanol–water partition coefficient (Wildman–Crippen LogP) is 1.96. The first-order valence-electron chi connectivity index (χ1n) is 6.40. The quantitative estimate of drug-likeness (QED) is 0.633. The summed E-state index contributed by atoms with van der Waals surface area (Å²) in [4.78, 5) is 0. The number of nitrogens with one attached hydrogen (secondary N) is 1. The number of nitrogens with two attached hydrogens (primary N) is 1. The van der Waals surface area contributed by atoms with Crippen molar-refractivity contribution in [1.82, 2.24) is 5.32 Å². The molecule has 0 saturated heterocycles. The van der Waals surface area contributed by atoms with E-state index in [-0.39, 0.29) is 12.1 Å². The lowest BCUT2D eigenvalue weighted by molar-refractivity contribution is 0.277. The highest BCUT2D eigenvalue weighted by Gasteiger charge is 2.21. The zero-order valence-electron chi connectivity index (χ0n) is 11.0. The fourth-order valence-corrected chi connectivity index (χ4v) is 2.01. The molecule has 0 aromatic heterocycles. The average Bonchev–Trinajstić information content (AvgIpc) is 2.38. The zero-order valence-corrected chi connectivity index (χ0v) is 11.7. The Morgan fingerprint density at radius 3 is 2.50 bits per heavy atom. The van der Waals surface area contributed by atoms with Crippen LogP contribution in [0.2, 0.25) is 5.02 Å². The molecule has 18 heavy (non-hydrogen) atoms. The van der Waals surface area contributed by atoms with Crippen molar-refractivity contribution in [1.29, 1.82) is 0 Å². The number of halogens is 1. The summed E-state index contributed by atoms with van der Waals surface area (Å²) in [6.45, 7) is 3.83. The normalized spacial score (nSPS) is 14.4. The Bertz CT molecular complexity index is 342. The third-order valence-corrected chi connectivity index (χ3v) is 3.35. The molecule has 0 saturated carbocycles. The van der Waals surface area contributed by atoms with Gasteiger partial charge in [0.15, 0.2) is 0 Å². The standard InChI is InChI=1S/C14H23ClN2O/c1-14(11-16,17-8-2-3-9-18)10-12-4-6-13(15)7-5-12/h4-7,17-18H,2-3,8-11,16H2,1H3. The highest BCUT2D eigenvalue weighted by molar-refractivity contribution is 6.30. The van der Waals surface area contributed by atoms with Crippen LogP contribution in [0.15, 0.2) is 24.3 Å². The van der Waals surface area contributed by atoms with E-state index in [1.807, 2.05) is 24.3 Å². The number of hydrogen-bond donors (Lipinski definition) is 3. The van der Waals surface area contributed by atoms with E-state index in [9.17, 15) is 0 Å². The second-order valence-corrected chi connectivity index (χ2v) is 5.36. The molecule has 1 unspecified atom stereocenters. The first kappa shape index (κ1) is 15.4. The summed E-state index contributed by atoms with van der Waals surface area (Å²) in [5, 5.41) is 13.0. The van der Waals surface area contributed by atoms with Crippen LogP contribution >= 0.6 is 11.6 Å². The molecule has 3 nitrogen and oxygen atoms in total. The van der Waals surface area contributed by atoms with E-state index in [4.69, 9.17) is 22.4 Å². The van der Waals surface area contributed by atoms with Gasteiger partial charge in [-0.05, 0) is 50.4 Å². The molecule has 0 bridgehead atoms. The van der Waals surface area contributed by atoms with Crippen molar-refractivity contribution in [3.05, 3.63) is 34.9 Å². The molecule has 102 valence electrons. The Labute approximate surface area is 114 Å². The molecule has 0 spiro atoms. The van der Waals surface area contributed by atoms with Crippen LogP contribution in [0.5, 0.6) is 0 Å². The fraction of sp³-hybridized carbons (Fsp3) is 0.571. The molecule has 0 fully saturated rings. The summed E-state index contributed by atoms with van der Waals surface area (Å²) in [6, 6.07) is 7.87. The lowest BCUT2D eigenvalue weighted by Crippen LogP contribution is -2.50. The highest BCUT2D eigenvalue weighted by Crippen LogP contribution is 2.15. The van der Waals surface area contributed by atoms with Gasteiger partial charge >= 0.3 is 0 Å². The van der Waals surface area contributed by atoms with E-state index in [1.165, 1.54) is 5.56 Å². The van der Waals surface area contributed by atoms with Crippen molar-refractivity contribution in [2.75, 3.05) is 19.7 Å². The van der Waals surface area contributed by atoms with Gasteiger partial charge in [0, 0.05) is 23.7 Å². The maximum Gasteiger partial charge on any atom is 0.0431 e. The van der Waals surface area contributed by atoms with E-state index in [0.29, 0.717) is 6.54 Å². The Morgan fingerprint density at radius 2 is 1.94 bits per heavy atom. The minimum Gasteiger partial charge on any atom is -0.396 e. The summed E-state index contributed by atoms with van der Waals surface area (Å²) in [5.41, 5.74) is 6.98. The SMILES string of the molecule is CC(CN)(Cc1ccc(Cl)cc1)NCCCCO. The van der Waals surface area contributed by atoms with Crippen LogP contribution in [-0.2, 0) is 6.42 Å². The largest absolute Gasteiger partial charge is 0.396 e. The van der Waals surface area contributed by atoms with Crippen LogP contribution in [-0.4, -0.2) is 30.3 Å². The molecule has 0 aliphatic heterocycles. The van der Waals surface area contributed by atoms with E-state index >= 15 is 0 Å². The van der Waals surface area contributed by atoms with Crippen molar-refractivity contribution in [2.45, 2.75) is 31.7 Å². The average molecular weight is 271 g/mol. The van der Waals surface area contributed by atoms with E-state index in [0.717, 1.165) is 30.8 Å². The van der Waals surface area contributed by atoms with Gasteiger partial charge in [0.25, 0.3) is 0 Å².